The van der Waals surface area contributed by atoms with Crippen molar-refractivity contribution in [3.8, 4) is 11.5 Å². The Balaban J connectivity index is 1.75. The smallest absolute Gasteiger partial charge is 0.261 e. The minimum Gasteiger partial charge on any atom is -0.497 e. The minimum atomic E-state index is -0.624. The van der Waals surface area contributed by atoms with E-state index in [1.165, 1.54) is 0 Å². The Hall–Kier alpha value is -2.54. The number of rotatable bonds is 9. The number of nitrogens with one attached hydrogen (secondary N) is 1. The molecule has 2 aromatic carbocycles. The summed E-state index contributed by atoms with van der Waals surface area (Å²) in [5.74, 6) is 0.963. The SMILES string of the molecule is COc1cccc(CN(C(=O)COc2cc(C)c(Br)c(C)c2)[C@@H](C)C(=O)NC2CCCC2)c1. The molecule has 0 spiro atoms. The third kappa shape index (κ3) is 6.73. The molecule has 0 radical (unpaired) electrons. The number of methoxy groups -OCH3 is 1. The molecule has 1 aliphatic carbocycles. The van der Waals surface area contributed by atoms with Crippen molar-refractivity contribution >= 4 is 27.7 Å². The number of carbonyl (C=O) groups is 2. The van der Waals surface area contributed by atoms with E-state index in [1.807, 2.05) is 50.2 Å². The molecule has 3 rings (SSSR count). The first-order valence-corrected chi connectivity index (χ1v) is 12.2. The molecule has 1 atom stereocenters. The number of amides is 2. The van der Waals surface area contributed by atoms with Gasteiger partial charge in [-0.2, -0.15) is 0 Å². The molecule has 0 aliphatic heterocycles. The molecule has 33 heavy (non-hydrogen) atoms. The summed E-state index contributed by atoms with van der Waals surface area (Å²) < 4.78 is 12.2. The number of hydrogen-bond donors (Lipinski definition) is 1. The molecular formula is C26H33BrN2O4. The number of carbonyl (C=O) groups excluding carboxylic acids is 2. The molecule has 2 amide bonds. The van der Waals surface area contributed by atoms with Crippen LogP contribution in [0.1, 0.15) is 49.3 Å². The Labute approximate surface area is 204 Å². The third-order valence-electron chi connectivity index (χ3n) is 6.13. The highest BCUT2D eigenvalue weighted by molar-refractivity contribution is 9.10. The van der Waals surface area contributed by atoms with Gasteiger partial charge in [0.05, 0.1) is 7.11 Å². The summed E-state index contributed by atoms with van der Waals surface area (Å²) in [6, 6.07) is 10.9. The molecule has 0 aromatic heterocycles. The van der Waals surface area contributed by atoms with E-state index in [1.54, 1.807) is 18.9 Å². The van der Waals surface area contributed by atoms with Gasteiger partial charge in [-0.3, -0.25) is 9.59 Å². The number of halogens is 1. The number of benzene rings is 2. The number of ether oxygens (including phenoxy) is 2. The van der Waals surface area contributed by atoms with Crippen molar-refractivity contribution in [3.05, 3.63) is 57.6 Å². The van der Waals surface area contributed by atoms with Crippen LogP contribution in [0.5, 0.6) is 11.5 Å². The lowest BCUT2D eigenvalue weighted by atomic mass is 10.1. The second-order valence-corrected chi connectivity index (χ2v) is 9.49. The van der Waals surface area contributed by atoms with Gasteiger partial charge in [0.1, 0.15) is 17.5 Å². The Morgan fingerprint density at radius 1 is 1.12 bits per heavy atom. The van der Waals surface area contributed by atoms with Crippen molar-refractivity contribution < 1.29 is 19.1 Å². The van der Waals surface area contributed by atoms with Gasteiger partial charge in [0, 0.05) is 17.1 Å². The van der Waals surface area contributed by atoms with Gasteiger partial charge < -0.3 is 19.7 Å². The van der Waals surface area contributed by atoms with E-state index in [0.717, 1.165) is 46.8 Å². The van der Waals surface area contributed by atoms with Crippen molar-refractivity contribution in [2.45, 2.75) is 65.1 Å². The first kappa shape index (κ1) is 25.1. The summed E-state index contributed by atoms with van der Waals surface area (Å²) in [5.41, 5.74) is 2.96. The summed E-state index contributed by atoms with van der Waals surface area (Å²) in [6.07, 6.45) is 4.25. The van der Waals surface area contributed by atoms with Crippen LogP contribution in [0.25, 0.3) is 0 Å². The lowest BCUT2D eigenvalue weighted by Crippen LogP contribution is -2.50. The zero-order valence-electron chi connectivity index (χ0n) is 19.8. The topological polar surface area (TPSA) is 67.9 Å². The molecule has 178 valence electrons. The van der Waals surface area contributed by atoms with E-state index in [-0.39, 0.29) is 31.0 Å². The summed E-state index contributed by atoms with van der Waals surface area (Å²) in [4.78, 5) is 27.8. The first-order valence-electron chi connectivity index (χ1n) is 11.4. The summed E-state index contributed by atoms with van der Waals surface area (Å²) in [6.45, 7) is 5.88. The average molecular weight is 517 g/mol. The van der Waals surface area contributed by atoms with Crippen LogP contribution in [-0.4, -0.2) is 42.5 Å². The molecule has 1 saturated carbocycles. The Morgan fingerprint density at radius 2 is 1.79 bits per heavy atom. The molecule has 2 aromatic rings. The zero-order chi connectivity index (χ0) is 24.0. The van der Waals surface area contributed by atoms with E-state index in [0.29, 0.717) is 11.5 Å². The zero-order valence-corrected chi connectivity index (χ0v) is 21.4. The van der Waals surface area contributed by atoms with Crippen LogP contribution in [0.4, 0.5) is 0 Å². The van der Waals surface area contributed by atoms with Gasteiger partial charge >= 0.3 is 0 Å². The Morgan fingerprint density at radius 3 is 2.42 bits per heavy atom. The van der Waals surface area contributed by atoms with Gasteiger partial charge in [-0.15, -0.1) is 0 Å². The quantitative estimate of drug-likeness (QED) is 0.513. The van der Waals surface area contributed by atoms with Crippen LogP contribution in [0, 0.1) is 13.8 Å². The van der Waals surface area contributed by atoms with Gasteiger partial charge in [0.25, 0.3) is 5.91 Å². The molecule has 6 nitrogen and oxygen atoms in total. The van der Waals surface area contributed by atoms with Gasteiger partial charge in [-0.1, -0.05) is 40.9 Å². The van der Waals surface area contributed by atoms with Crippen molar-refractivity contribution in [2.75, 3.05) is 13.7 Å². The van der Waals surface area contributed by atoms with Gasteiger partial charge in [-0.05, 0) is 74.6 Å². The summed E-state index contributed by atoms with van der Waals surface area (Å²) in [5, 5.41) is 3.11. The predicted octanol–water partition coefficient (Wildman–Crippen LogP) is 4.93. The normalized spacial score (nSPS) is 14.6. The Bertz CT molecular complexity index is 965. The van der Waals surface area contributed by atoms with Gasteiger partial charge in [-0.25, -0.2) is 0 Å². The highest BCUT2D eigenvalue weighted by atomic mass is 79.9. The van der Waals surface area contributed by atoms with Crippen LogP contribution >= 0.6 is 15.9 Å². The van der Waals surface area contributed by atoms with E-state index >= 15 is 0 Å². The maximum Gasteiger partial charge on any atom is 0.261 e. The lowest BCUT2D eigenvalue weighted by Gasteiger charge is -2.29. The van der Waals surface area contributed by atoms with E-state index in [9.17, 15) is 9.59 Å². The standard InChI is InChI=1S/C26H33BrN2O4/c1-17-12-23(13-18(2)25(17)27)33-16-24(30)29(15-20-8-7-11-22(14-20)32-4)19(3)26(31)28-21-9-5-6-10-21/h7-8,11-14,19,21H,5-6,9-10,15-16H2,1-4H3,(H,28,31)/t19-/m0/s1. The molecule has 0 unspecified atom stereocenters. The van der Waals surface area contributed by atoms with Crippen LogP contribution in [0.2, 0.25) is 0 Å². The first-order chi connectivity index (χ1) is 15.8. The molecule has 0 bridgehead atoms. The monoisotopic (exact) mass is 516 g/mol. The molecule has 1 aliphatic rings. The van der Waals surface area contributed by atoms with Crippen molar-refractivity contribution in [3.63, 3.8) is 0 Å². The average Bonchev–Trinajstić information content (AvgIpc) is 3.32. The van der Waals surface area contributed by atoms with Gasteiger partial charge in [0.15, 0.2) is 6.61 Å². The maximum absolute atomic E-state index is 13.3. The molecule has 0 saturated heterocycles. The number of aryl methyl sites for hydroxylation is 2. The molecule has 7 heteroatoms. The number of hydrogen-bond acceptors (Lipinski definition) is 4. The largest absolute Gasteiger partial charge is 0.497 e. The lowest BCUT2D eigenvalue weighted by molar-refractivity contribution is -0.142. The highest BCUT2D eigenvalue weighted by Crippen LogP contribution is 2.26. The van der Waals surface area contributed by atoms with Gasteiger partial charge in [0.2, 0.25) is 5.91 Å². The Kier molecular flexibility index (Phi) is 8.78. The minimum absolute atomic E-state index is 0.131. The second kappa shape index (κ2) is 11.5. The van der Waals surface area contributed by atoms with Crippen LogP contribution in [0.15, 0.2) is 40.9 Å². The van der Waals surface area contributed by atoms with Crippen molar-refractivity contribution in [1.29, 1.82) is 0 Å². The predicted molar refractivity (Wildman–Crippen MR) is 133 cm³/mol. The fourth-order valence-electron chi connectivity index (χ4n) is 4.16. The highest BCUT2D eigenvalue weighted by Gasteiger charge is 2.29. The maximum atomic E-state index is 13.3. The van der Waals surface area contributed by atoms with E-state index in [2.05, 4.69) is 21.2 Å². The fourth-order valence-corrected chi connectivity index (χ4v) is 4.39. The molecule has 1 fully saturated rings. The second-order valence-electron chi connectivity index (χ2n) is 8.70. The van der Waals surface area contributed by atoms with Crippen LogP contribution in [-0.2, 0) is 16.1 Å². The van der Waals surface area contributed by atoms with Crippen molar-refractivity contribution in [1.82, 2.24) is 10.2 Å². The summed E-state index contributed by atoms with van der Waals surface area (Å²) >= 11 is 3.55. The number of nitrogens with zero attached hydrogens (tertiary/aromatic N) is 1. The molecular weight excluding hydrogens is 484 g/mol. The van der Waals surface area contributed by atoms with Crippen LogP contribution in [0.3, 0.4) is 0 Å². The fraction of sp³-hybridized carbons (Fsp3) is 0.462. The van der Waals surface area contributed by atoms with E-state index in [4.69, 9.17) is 9.47 Å². The van der Waals surface area contributed by atoms with Crippen LogP contribution < -0.4 is 14.8 Å². The van der Waals surface area contributed by atoms with Crippen molar-refractivity contribution in [2.24, 2.45) is 0 Å². The summed E-state index contributed by atoms with van der Waals surface area (Å²) in [7, 11) is 1.61. The third-order valence-corrected chi connectivity index (χ3v) is 7.38. The van der Waals surface area contributed by atoms with E-state index < -0.39 is 6.04 Å². The molecule has 1 N–H and O–H groups in total. The molecule has 0 heterocycles.